The molecule has 5 heteroatoms. The van der Waals surface area contributed by atoms with E-state index in [2.05, 4.69) is 5.32 Å². The summed E-state index contributed by atoms with van der Waals surface area (Å²) in [4.78, 5) is 22.6. The highest BCUT2D eigenvalue weighted by Gasteiger charge is 2.38. The SMILES string of the molecule is CCOC(=O)CNC1(C(=O)O)CCCCCC1. The Morgan fingerprint density at radius 2 is 1.82 bits per heavy atom. The number of ether oxygens (including phenoxy) is 1. The van der Waals surface area contributed by atoms with Gasteiger partial charge in [0, 0.05) is 0 Å². The Hall–Kier alpha value is -1.10. The first-order valence-electron chi connectivity index (χ1n) is 6.25. The molecule has 0 aromatic heterocycles. The smallest absolute Gasteiger partial charge is 0.323 e. The lowest BCUT2D eigenvalue weighted by molar-refractivity contribution is -0.147. The summed E-state index contributed by atoms with van der Waals surface area (Å²) in [6, 6.07) is 0. The normalized spacial score (nSPS) is 19.4. The predicted molar refractivity (Wildman–Crippen MR) is 62.7 cm³/mol. The molecule has 1 fully saturated rings. The van der Waals surface area contributed by atoms with Gasteiger partial charge in [-0.05, 0) is 19.8 Å². The van der Waals surface area contributed by atoms with Crippen LogP contribution in [0.25, 0.3) is 0 Å². The van der Waals surface area contributed by atoms with Crippen LogP contribution in [0.4, 0.5) is 0 Å². The summed E-state index contributed by atoms with van der Waals surface area (Å²) in [6.07, 6.45) is 5.08. The van der Waals surface area contributed by atoms with Gasteiger partial charge in [-0.3, -0.25) is 14.9 Å². The van der Waals surface area contributed by atoms with Crippen LogP contribution in [0.1, 0.15) is 45.4 Å². The highest BCUT2D eigenvalue weighted by atomic mass is 16.5. The minimum atomic E-state index is -0.941. The molecule has 0 aliphatic heterocycles. The van der Waals surface area contributed by atoms with E-state index in [-0.39, 0.29) is 6.54 Å². The largest absolute Gasteiger partial charge is 0.480 e. The van der Waals surface area contributed by atoms with Crippen molar-refractivity contribution in [2.45, 2.75) is 51.0 Å². The molecular weight excluding hydrogens is 222 g/mol. The molecule has 1 aliphatic rings. The van der Waals surface area contributed by atoms with Crippen LogP contribution in [0, 0.1) is 0 Å². The van der Waals surface area contributed by atoms with E-state index in [9.17, 15) is 14.7 Å². The Balaban J connectivity index is 2.58. The van der Waals surface area contributed by atoms with Crippen LogP contribution >= 0.6 is 0 Å². The number of carboxylic acids is 1. The lowest BCUT2D eigenvalue weighted by atomic mass is 9.90. The summed E-state index contributed by atoms with van der Waals surface area (Å²) in [6.45, 7) is 2.03. The highest BCUT2D eigenvalue weighted by molar-refractivity contribution is 5.80. The van der Waals surface area contributed by atoms with Crippen molar-refractivity contribution >= 4 is 11.9 Å². The molecule has 0 unspecified atom stereocenters. The number of esters is 1. The van der Waals surface area contributed by atoms with Crippen molar-refractivity contribution in [2.24, 2.45) is 0 Å². The first-order chi connectivity index (χ1) is 8.10. The van der Waals surface area contributed by atoms with Crippen molar-refractivity contribution in [3.05, 3.63) is 0 Å². The fourth-order valence-corrected chi connectivity index (χ4v) is 2.25. The molecule has 0 aromatic rings. The second-order valence-electron chi connectivity index (χ2n) is 4.46. The zero-order chi connectivity index (χ0) is 12.7. The number of aliphatic carboxylic acids is 1. The molecule has 0 saturated heterocycles. The van der Waals surface area contributed by atoms with Gasteiger partial charge < -0.3 is 9.84 Å². The number of hydrogen-bond donors (Lipinski definition) is 2. The molecule has 0 amide bonds. The van der Waals surface area contributed by atoms with Gasteiger partial charge in [0.25, 0.3) is 0 Å². The second kappa shape index (κ2) is 6.59. The van der Waals surface area contributed by atoms with Crippen LogP contribution in [-0.2, 0) is 14.3 Å². The van der Waals surface area contributed by atoms with Crippen molar-refractivity contribution in [2.75, 3.05) is 13.2 Å². The van der Waals surface area contributed by atoms with Gasteiger partial charge in [0.1, 0.15) is 5.54 Å². The summed E-state index contributed by atoms with van der Waals surface area (Å²) < 4.78 is 4.79. The molecule has 0 spiro atoms. The van der Waals surface area contributed by atoms with E-state index in [1.54, 1.807) is 6.92 Å². The predicted octanol–water partition coefficient (Wildman–Crippen LogP) is 1.32. The fourth-order valence-electron chi connectivity index (χ4n) is 2.25. The molecule has 0 bridgehead atoms. The van der Waals surface area contributed by atoms with E-state index in [0.717, 1.165) is 25.7 Å². The number of carbonyl (C=O) groups is 2. The third-order valence-electron chi connectivity index (χ3n) is 3.24. The molecule has 0 atom stereocenters. The van der Waals surface area contributed by atoms with E-state index < -0.39 is 17.5 Å². The minimum absolute atomic E-state index is 0.0276. The van der Waals surface area contributed by atoms with Crippen molar-refractivity contribution < 1.29 is 19.4 Å². The van der Waals surface area contributed by atoms with Gasteiger partial charge in [-0.25, -0.2) is 0 Å². The van der Waals surface area contributed by atoms with Crippen LogP contribution in [0.5, 0.6) is 0 Å². The Labute approximate surface area is 102 Å². The first kappa shape index (κ1) is 14.0. The van der Waals surface area contributed by atoms with Crippen molar-refractivity contribution in [3.8, 4) is 0 Å². The Morgan fingerprint density at radius 1 is 1.24 bits per heavy atom. The Bertz CT molecular complexity index is 270. The van der Waals surface area contributed by atoms with E-state index >= 15 is 0 Å². The maximum atomic E-state index is 11.4. The first-order valence-corrected chi connectivity index (χ1v) is 6.25. The monoisotopic (exact) mass is 243 g/mol. The number of hydrogen-bond acceptors (Lipinski definition) is 4. The second-order valence-corrected chi connectivity index (χ2v) is 4.46. The van der Waals surface area contributed by atoms with Crippen molar-refractivity contribution in [1.29, 1.82) is 0 Å². The Morgan fingerprint density at radius 3 is 2.29 bits per heavy atom. The Kier molecular flexibility index (Phi) is 5.41. The highest BCUT2D eigenvalue weighted by Crippen LogP contribution is 2.27. The number of carboxylic acid groups (broad SMARTS) is 1. The summed E-state index contributed by atoms with van der Waals surface area (Å²) >= 11 is 0. The summed E-state index contributed by atoms with van der Waals surface area (Å²) in [5.74, 6) is -1.25. The number of carbonyl (C=O) groups excluding carboxylic acids is 1. The number of nitrogens with one attached hydrogen (secondary N) is 1. The average molecular weight is 243 g/mol. The quantitative estimate of drug-likeness (QED) is 0.562. The van der Waals surface area contributed by atoms with E-state index in [1.807, 2.05) is 0 Å². The molecule has 1 rings (SSSR count). The zero-order valence-corrected chi connectivity index (χ0v) is 10.3. The van der Waals surface area contributed by atoms with Gasteiger partial charge in [0.15, 0.2) is 0 Å². The van der Waals surface area contributed by atoms with Gasteiger partial charge in [0.2, 0.25) is 0 Å². The molecular formula is C12H21NO4. The molecule has 0 aromatic carbocycles. The zero-order valence-electron chi connectivity index (χ0n) is 10.3. The lowest BCUT2D eigenvalue weighted by Gasteiger charge is -2.28. The standard InChI is InChI=1S/C12H21NO4/c1-2-17-10(14)9-13-12(11(15)16)7-5-3-4-6-8-12/h13H,2-9H2,1H3,(H,15,16). The molecule has 17 heavy (non-hydrogen) atoms. The van der Waals surface area contributed by atoms with Crippen LogP contribution < -0.4 is 5.32 Å². The maximum Gasteiger partial charge on any atom is 0.323 e. The van der Waals surface area contributed by atoms with E-state index in [4.69, 9.17) is 4.74 Å². The lowest BCUT2D eigenvalue weighted by Crippen LogP contribution is -2.53. The van der Waals surface area contributed by atoms with Gasteiger partial charge in [-0.2, -0.15) is 0 Å². The molecule has 0 radical (unpaired) electrons. The fraction of sp³-hybridized carbons (Fsp3) is 0.833. The summed E-state index contributed by atoms with van der Waals surface area (Å²) in [5.41, 5.74) is -0.941. The van der Waals surface area contributed by atoms with Crippen molar-refractivity contribution in [3.63, 3.8) is 0 Å². The van der Waals surface area contributed by atoms with Gasteiger partial charge in [-0.1, -0.05) is 25.7 Å². The summed E-state index contributed by atoms with van der Waals surface area (Å²) in [7, 11) is 0. The van der Waals surface area contributed by atoms with Crippen LogP contribution in [-0.4, -0.2) is 35.7 Å². The maximum absolute atomic E-state index is 11.4. The minimum Gasteiger partial charge on any atom is -0.480 e. The third kappa shape index (κ3) is 4.00. The van der Waals surface area contributed by atoms with E-state index in [1.165, 1.54) is 0 Å². The molecule has 98 valence electrons. The van der Waals surface area contributed by atoms with E-state index in [0.29, 0.717) is 19.4 Å². The van der Waals surface area contributed by atoms with Gasteiger partial charge in [-0.15, -0.1) is 0 Å². The average Bonchev–Trinajstić information content (AvgIpc) is 2.53. The van der Waals surface area contributed by atoms with Gasteiger partial charge >= 0.3 is 11.9 Å². The molecule has 1 aliphatic carbocycles. The van der Waals surface area contributed by atoms with Gasteiger partial charge in [0.05, 0.1) is 13.2 Å². The topological polar surface area (TPSA) is 75.6 Å². The van der Waals surface area contributed by atoms with Crippen LogP contribution in [0.2, 0.25) is 0 Å². The van der Waals surface area contributed by atoms with Crippen LogP contribution in [0.15, 0.2) is 0 Å². The molecule has 5 nitrogen and oxygen atoms in total. The molecule has 0 heterocycles. The molecule has 1 saturated carbocycles. The number of rotatable bonds is 5. The van der Waals surface area contributed by atoms with Crippen LogP contribution in [0.3, 0.4) is 0 Å². The molecule has 2 N–H and O–H groups in total. The third-order valence-corrected chi connectivity index (χ3v) is 3.24. The summed E-state index contributed by atoms with van der Waals surface area (Å²) in [5, 5.41) is 12.2. The van der Waals surface area contributed by atoms with Crippen molar-refractivity contribution in [1.82, 2.24) is 5.32 Å².